The minimum absolute atomic E-state index is 0.788. The molecule has 2 N–H and O–H groups in total. The average Bonchev–Trinajstić information content (AvgIpc) is 1.76. The van der Waals surface area contributed by atoms with E-state index in [1.807, 2.05) is 0 Å². The molecule has 0 aromatic rings. The third kappa shape index (κ3) is 9.40. The highest BCUT2D eigenvalue weighted by molar-refractivity contribution is 5.10. The molecule has 0 aromatic heterocycles. The van der Waals surface area contributed by atoms with Crippen LogP contribution in [0.2, 0.25) is 0 Å². The number of hydrogen-bond acceptors (Lipinski definition) is 2. The van der Waals surface area contributed by atoms with Crippen molar-refractivity contribution in [2.45, 2.75) is 38.9 Å². The van der Waals surface area contributed by atoms with Crippen molar-refractivity contribution in [1.82, 2.24) is 0 Å². The monoisotopic (exact) mass is 170 g/mol. The zero-order chi connectivity index (χ0) is 9.83. The summed E-state index contributed by atoms with van der Waals surface area (Å²) in [5.41, 5.74) is -1.58. The lowest BCUT2D eigenvalue weighted by Gasteiger charge is -2.10. The minimum atomic E-state index is -0.788. The lowest BCUT2D eigenvalue weighted by Crippen LogP contribution is -2.14. The average molecular weight is 170 g/mol. The van der Waals surface area contributed by atoms with E-state index in [0.29, 0.717) is 0 Å². The molecule has 0 aliphatic rings. The maximum Gasteiger partial charge on any atom is 0.0774 e. The highest BCUT2D eigenvalue weighted by atomic mass is 16.3. The molecule has 0 atom stereocenters. The molecular weight excluding hydrogens is 152 g/mol. The molecule has 0 heterocycles. The van der Waals surface area contributed by atoms with E-state index in [-0.39, 0.29) is 0 Å². The van der Waals surface area contributed by atoms with Crippen LogP contribution < -0.4 is 0 Å². The Hall–Kier alpha value is -0.600. The topological polar surface area (TPSA) is 40.5 Å². The van der Waals surface area contributed by atoms with Gasteiger partial charge in [0.15, 0.2) is 0 Å². The molecule has 2 nitrogen and oxygen atoms in total. The van der Waals surface area contributed by atoms with Gasteiger partial charge in [-0.05, 0) is 27.7 Å². The first-order valence-electron chi connectivity index (χ1n) is 4.02. The Balaban J connectivity index is 4.00. The fourth-order valence-electron chi connectivity index (χ4n) is 0.582. The van der Waals surface area contributed by atoms with Gasteiger partial charge in [0.25, 0.3) is 0 Å². The first-order chi connectivity index (χ1) is 5.21. The van der Waals surface area contributed by atoms with Crippen molar-refractivity contribution in [3.05, 3.63) is 24.3 Å². The first-order valence-corrected chi connectivity index (χ1v) is 4.02. The summed E-state index contributed by atoms with van der Waals surface area (Å²) >= 11 is 0. The molecule has 70 valence electrons. The minimum Gasteiger partial charge on any atom is -0.386 e. The fourth-order valence-corrected chi connectivity index (χ4v) is 0.582. The van der Waals surface area contributed by atoms with E-state index >= 15 is 0 Å². The van der Waals surface area contributed by atoms with Crippen LogP contribution in [0.3, 0.4) is 0 Å². The van der Waals surface area contributed by atoms with Gasteiger partial charge in [-0.3, -0.25) is 0 Å². The quantitative estimate of drug-likeness (QED) is 0.632. The van der Waals surface area contributed by atoms with E-state index in [1.165, 1.54) is 0 Å². The van der Waals surface area contributed by atoms with Gasteiger partial charge < -0.3 is 10.2 Å². The summed E-state index contributed by atoms with van der Waals surface area (Å²) in [6.45, 7) is 6.78. The van der Waals surface area contributed by atoms with E-state index in [1.54, 1.807) is 52.0 Å². The number of aliphatic hydroxyl groups is 2. The standard InChI is InChI=1S/C10H18O2/c1-9(2,11)7-5-6-8-10(3,4)12/h5-8,11-12H,1-4H3/b7-5+,8-6+. The van der Waals surface area contributed by atoms with Crippen LogP contribution in [-0.2, 0) is 0 Å². The van der Waals surface area contributed by atoms with E-state index in [2.05, 4.69) is 0 Å². The normalized spacial score (nSPS) is 14.8. The number of hydrogen-bond donors (Lipinski definition) is 2. The highest BCUT2D eigenvalue weighted by Crippen LogP contribution is 2.05. The second-order valence-corrected chi connectivity index (χ2v) is 4.03. The summed E-state index contributed by atoms with van der Waals surface area (Å²) in [4.78, 5) is 0. The van der Waals surface area contributed by atoms with Crippen LogP contribution in [0.1, 0.15) is 27.7 Å². The molecule has 0 aliphatic carbocycles. The lowest BCUT2D eigenvalue weighted by molar-refractivity contribution is 0.131. The Bertz CT molecular complexity index is 155. The third-order valence-electron chi connectivity index (χ3n) is 1.12. The van der Waals surface area contributed by atoms with Gasteiger partial charge in [-0.2, -0.15) is 0 Å². The molecule has 0 aliphatic heterocycles. The predicted molar refractivity (Wildman–Crippen MR) is 50.9 cm³/mol. The summed E-state index contributed by atoms with van der Waals surface area (Å²) < 4.78 is 0. The molecule has 0 amide bonds. The van der Waals surface area contributed by atoms with Crippen LogP contribution in [-0.4, -0.2) is 21.4 Å². The predicted octanol–water partition coefficient (Wildman–Crippen LogP) is 1.64. The van der Waals surface area contributed by atoms with Gasteiger partial charge in [0.1, 0.15) is 0 Å². The molecular formula is C10H18O2. The van der Waals surface area contributed by atoms with E-state index in [4.69, 9.17) is 0 Å². The van der Waals surface area contributed by atoms with Gasteiger partial charge in [-0.1, -0.05) is 24.3 Å². The van der Waals surface area contributed by atoms with Crippen LogP contribution in [0, 0.1) is 0 Å². The molecule has 12 heavy (non-hydrogen) atoms. The van der Waals surface area contributed by atoms with Gasteiger partial charge in [-0.25, -0.2) is 0 Å². The van der Waals surface area contributed by atoms with Gasteiger partial charge in [0.2, 0.25) is 0 Å². The van der Waals surface area contributed by atoms with Gasteiger partial charge in [-0.15, -0.1) is 0 Å². The van der Waals surface area contributed by atoms with Gasteiger partial charge in [0.05, 0.1) is 11.2 Å². The Kier molecular flexibility index (Phi) is 3.68. The second kappa shape index (κ2) is 3.87. The summed E-state index contributed by atoms with van der Waals surface area (Å²) in [7, 11) is 0. The van der Waals surface area contributed by atoms with E-state index in [0.717, 1.165) is 0 Å². The Labute approximate surface area is 74.2 Å². The summed E-state index contributed by atoms with van der Waals surface area (Å²) in [5.74, 6) is 0. The molecule has 0 radical (unpaired) electrons. The van der Waals surface area contributed by atoms with Crippen molar-refractivity contribution in [3.63, 3.8) is 0 Å². The molecule has 2 heteroatoms. The van der Waals surface area contributed by atoms with Crippen molar-refractivity contribution < 1.29 is 10.2 Å². The molecule has 0 fully saturated rings. The number of allylic oxidation sites excluding steroid dienone is 2. The zero-order valence-corrected chi connectivity index (χ0v) is 8.20. The Morgan fingerprint density at radius 2 is 1.00 bits per heavy atom. The van der Waals surface area contributed by atoms with Crippen molar-refractivity contribution >= 4 is 0 Å². The van der Waals surface area contributed by atoms with Crippen molar-refractivity contribution in [1.29, 1.82) is 0 Å². The summed E-state index contributed by atoms with van der Waals surface area (Å²) in [6.07, 6.45) is 6.76. The Morgan fingerprint density at radius 1 is 0.750 bits per heavy atom. The smallest absolute Gasteiger partial charge is 0.0774 e. The molecule has 0 saturated carbocycles. The molecule has 0 saturated heterocycles. The van der Waals surface area contributed by atoms with Crippen LogP contribution >= 0.6 is 0 Å². The van der Waals surface area contributed by atoms with Crippen LogP contribution in [0.5, 0.6) is 0 Å². The molecule has 0 unspecified atom stereocenters. The van der Waals surface area contributed by atoms with E-state index < -0.39 is 11.2 Å². The molecule has 0 aromatic carbocycles. The molecule has 0 bridgehead atoms. The third-order valence-corrected chi connectivity index (χ3v) is 1.12. The first kappa shape index (κ1) is 11.4. The second-order valence-electron chi connectivity index (χ2n) is 4.03. The lowest BCUT2D eigenvalue weighted by atomic mass is 10.1. The van der Waals surface area contributed by atoms with E-state index in [9.17, 15) is 10.2 Å². The number of rotatable bonds is 3. The largest absolute Gasteiger partial charge is 0.386 e. The zero-order valence-electron chi connectivity index (χ0n) is 8.20. The van der Waals surface area contributed by atoms with Gasteiger partial charge >= 0.3 is 0 Å². The Morgan fingerprint density at radius 3 is 1.17 bits per heavy atom. The summed E-state index contributed by atoms with van der Waals surface area (Å²) in [5, 5.41) is 18.5. The van der Waals surface area contributed by atoms with Crippen LogP contribution in [0.15, 0.2) is 24.3 Å². The van der Waals surface area contributed by atoms with Crippen molar-refractivity contribution in [3.8, 4) is 0 Å². The van der Waals surface area contributed by atoms with Crippen molar-refractivity contribution in [2.75, 3.05) is 0 Å². The summed E-state index contributed by atoms with van der Waals surface area (Å²) in [6, 6.07) is 0. The van der Waals surface area contributed by atoms with Crippen molar-refractivity contribution in [2.24, 2.45) is 0 Å². The fraction of sp³-hybridized carbons (Fsp3) is 0.600. The molecule has 0 spiro atoms. The maximum atomic E-state index is 9.26. The highest BCUT2D eigenvalue weighted by Gasteiger charge is 2.06. The maximum absolute atomic E-state index is 9.26. The van der Waals surface area contributed by atoms with Gasteiger partial charge in [0, 0.05) is 0 Å². The SMILES string of the molecule is CC(C)(O)/C=C/C=C/C(C)(C)O. The molecule has 0 rings (SSSR count). The van der Waals surface area contributed by atoms with Crippen LogP contribution in [0.4, 0.5) is 0 Å². The van der Waals surface area contributed by atoms with Crippen LogP contribution in [0.25, 0.3) is 0 Å².